The molecule has 4 heterocycles. The lowest BCUT2D eigenvalue weighted by Crippen LogP contribution is -2.64. The first-order valence-electron chi connectivity index (χ1n) is 17.1. The molecule has 10 heteroatoms. The lowest BCUT2D eigenvalue weighted by Gasteiger charge is -2.55. The van der Waals surface area contributed by atoms with Crippen LogP contribution in [0.3, 0.4) is 0 Å². The van der Waals surface area contributed by atoms with Crippen molar-refractivity contribution in [2.24, 2.45) is 11.8 Å². The van der Waals surface area contributed by atoms with Crippen LogP contribution in [0.1, 0.15) is 106 Å². The fourth-order valence-corrected chi connectivity index (χ4v) is 8.24. The summed E-state index contributed by atoms with van der Waals surface area (Å²) in [6.07, 6.45) is 13.0. The lowest BCUT2D eigenvalue weighted by atomic mass is 9.74. The minimum atomic E-state index is -0.361. The second-order valence-electron chi connectivity index (χ2n) is 14.1. The van der Waals surface area contributed by atoms with E-state index in [-0.39, 0.29) is 29.2 Å². The number of carbonyl (C=O) groups excluding carboxylic acids is 2. The molecule has 1 aliphatic carbocycles. The number of hydrogen-bond donors (Lipinski definition) is 0. The van der Waals surface area contributed by atoms with Crippen LogP contribution >= 0.6 is 0 Å². The second-order valence-corrected chi connectivity index (χ2v) is 14.1. The van der Waals surface area contributed by atoms with Gasteiger partial charge in [-0.3, -0.25) is 9.69 Å². The van der Waals surface area contributed by atoms with E-state index in [0.29, 0.717) is 24.2 Å². The Hall–Kier alpha value is -2.30. The van der Waals surface area contributed by atoms with Crippen LogP contribution in [0.5, 0.6) is 0 Å². The summed E-state index contributed by atoms with van der Waals surface area (Å²) in [5, 5.41) is 0. The maximum Gasteiger partial charge on any atom is 0.410 e. The van der Waals surface area contributed by atoms with Crippen LogP contribution in [0.2, 0.25) is 0 Å². The van der Waals surface area contributed by atoms with E-state index in [1.807, 2.05) is 23.6 Å². The van der Waals surface area contributed by atoms with Crippen molar-refractivity contribution in [3.63, 3.8) is 0 Å². The van der Waals surface area contributed by atoms with Gasteiger partial charge in [-0.15, -0.1) is 0 Å². The first kappa shape index (κ1) is 33.1. The van der Waals surface area contributed by atoms with E-state index in [0.717, 1.165) is 121 Å². The number of nitrogens with zero attached hydrogens (tertiary/aromatic N) is 5. The molecule has 2 amide bonds. The molecule has 246 valence electrons. The molecule has 1 saturated carbocycles. The fraction of sp³-hybridized carbons (Fsp3) is 0.824. The van der Waals surface area contributed by atoms with E-state index in [4.69, 9.17) is 14.2 Å². The van der Waals surface area contributed by atoms with Gasteiger partial charge in [0.15, 0.2) is 0 Å². The van der Waals surface area contributed by atoms with Crippen molar-refractivity contribution in [2.75, 3.05) is 53.2 Å². The SMILES string of the molecule is CCCCC1CN(CC2CCC(OCOC)CC2)C(=O)OC12CCN(C1(C)CCN(C(=O)c3c(C)ncnc3C)CC1)CC2. The van der Waals surface area contributed by atoms with Crippen LogP contribution in [-0.2, 0) is 14.2 Å². The van der Waals surface area contributed by atoms with Crippen LogP contribution in [0.15, 0.2) is 6.33 Å². The quantitative estimate of drug-likeness (QED) is 0.326. The molecule has 0 N–H and O–H groups in total. The molecule has 3 saturated heterocycles. The first-order valence-corrected chi connectivity index (χ1v) is 17.1. The summed E-state index contributed by atoms with van der Waals surface area (Å²) in [5.41, 5.74) is 1.81. The minimum absolute atomic E-state index is 0.0328. The van der Waals surface area contributed by atoms with E-state index >= 15 is 0 Å². The number of aromatic nitrogens is 2. The van der Waals surface area contributed by atoms with Gasteiger partial charge in [0.1, 0.15) is 18.7 Å². The van der Waals surface area contributed by atoms with Gasteiger partial charge in [0.2, 0.25) is 0 Å². The van der Waals surface area contributed by atoms with Gasteiger partial charge in [-0.1, -0.05) is 19.8 Å². The van der Waals surface area contributed by atoms with E-state index in [2.05, 4.69) is 28.7 Å². The number of amides is 2. The summed E-state index contributed by atoms with van der Waals surface area (Å²) < 4.78 is 17.3. The summed E-state index contributed by atoms with van der Waals surface area (Å²) in [4.78, 5) is 42.0. The normalized spacial score (nSPS) is 27.4. The van der Waals surface area contributed by atoms with Crippen molar-refractivity contribution >= 4 is 12.0 Å². The average Bonchev–Trinajstić information content (AvgIpc) is 3.02. The predicted molar refractivity (Wildman–Crippen MR) is 168 cm³/mol. The van der Waals surface area contributed by atoms with Gasteiger partial charge >= 0.3 is 6.09 Å². The third-order valence-electron chi connectivity index (χ3n) is 11.3. The Morgan fingerprint density at radius 2 is 1.68 bits per heavy atom. The molecule has 3 aliphatic heterocycles. The Morgan fingerprint density at radius 3 is 2.30 bits per heavy atom. The molecular weight excluding hydrogens is 558 g/mol. The monoisotopic (exact) mass is 613 g/mol. The van der Waals surface area contributed by atoms with Gasteiger partial charge in [0, 0.05) is 70.7 Å². The highest BCUT2D eigenvalue weighted by atomic mass is 16.7. The Morgan fingerprint density at radius 1 is 1.02 bits per heavy atom. The maximum absolute atomic E-state index is 13.5. The van der Waals surface area contributed by atoms with E-state index in [1.165, 1.54) is 6.33 Å². The van der Waals surface area contributed by atoms with Crippen molar-refractivity contribution in [3.8, 4) is 0 Å². The van der Waals surface area contributed by atoms with Gasteiger partial charge in [0.25, 0.3) is 5.91 Å². The van der Waals surface area contributed by atoms with Crippen LogP contribution in [0.4, 0.5) is 4.79 Å². The van der Waals surface area contributed by atoms with Gasteiger partial charge < -0.3 is 24.0 Å². The second kappa shape index (κ2) is 14.4. The molecule has 5 rings (SSSR count). The number of ether oxygens (including phenoxy) is 3. The molecule has 44 heavy (non-hydrogen) atoms. The number of rotatable bonds is 10. The van der Waals surface area contributed by atoms with Gasteiger partial charge in [-0.2, -0.15) is 0 Å². The van der Waals surface area contributed by atoms with Crippen LogP contribution < -0.4 is 0 Å². The van der Waals surface area contributed by atoms with Crippen LogP contribution in [0.25, 0.3) is 0 Å². The summed E-state index contributed by atoms with van der Waals surface area (Å²) in [6, 6.07) is 0. The largest absolute Gasteiger partial charge is 0.442 e. The highest BCUT2D eigenvalue weighted by Crippen LogP contribution is 2.44. The van der Waals surface area contributed by atoms with Crippen molar-refractivity contribution in [1.29, 1.82) is 0 Å². The predicted octanol–water partition coefficient (Wildman–Crippen LogP) is 5.36. The van der Waals surface area contributed by atoms with Gasteiger partial charge in [-0.25, -0.2) is 14.8 Å². The zero-order chi connectivity index (χ0) is 31.3. The Labute approximate surface area is 264 Å². The zero-order valence-corrected chi connectivity index (χ0v) is 27.8. The highest BCUT2D eigenvalue weighted by molar-refractivity contribution is 5.96. The number of likely N-dealkylation sites (tertiary alicyclic amines) is 2. The average molecular weight is 614 g/mol. The van der Waals surface area contributed by atoms with Crippen molar-refractivity contribution in [3.05, 3.63) is 23.3 Å². The molecule has 0 radical (unpaired) electrons. The molecule has 1 spiro atoms. The summed E-state index contributed by atoms with van der Waals surface area (Å²) >= 11 is 0. The molecule has 1 atom stereocenters. The van der Waals surface area contributed by atoms with Gasteiger partial charge in [-0.05, 0) is 71.6 Å². The third kappa shape index (κ3) is 7.23. The number of hydrogen-bond acceptors (Lipinski definition) is 8. The summed E-state index contributed by atoms with van der Waals surface area (Å²) in [5.74, 6) is 0.924. The topological polar surface area (TPSA) is 97.3 Å². The number of methoxy groups -OCH3 is 1. The minimum Gasteiger partial charge on any atom is -0.442 e. The molecular formula is C34H55N5O5. The molecule has 0 aromatic carbocycles. The Balaban J connectivity index is 1.16. The first-order chi connectivity index (χ1) is 21.2. The van der Waals surface area contributed by atoms with Crippen molar-refractivity contribution in [1.82, 2.24) is 24.7 Å². The maximum atomic E-state index is 13.5. The number of aryl methyl sites for hydroxylation is 2. The molecule has 4 aliphatic rings. The number of carbonyl (C=O) groups is 2. The Kier molecular flexibility index (Phi) is 10.8. The highest BCUT2D eigenvalue weighted by Gasteiger charge is 2.51. The molecule has 1 aromatic heterocycles. The van der Waals surface area contributed by atoms with Crippen molar-refractivity contribution < 1.29 is 23.8 Å². The number of unbranched alkanes of at least 4 members (excludes halogenated alkanes) is 1. The van der Waals surface area contributed by atoms with E-state index in [1.54, 1.807) is 7.11 Å². The van der Waals surface area contributed by atoms with E-state index in [9.17, 15) is 9.59 Å². The lowest BCUT2D eigenvalue weighted by molar-refractivity contribution is -0.135. The molecule has 10 nitrogen and oxygen atoms in total. The standard InChI is InChI=1S/C34H55N5O5/c1-6-7-8-28-22-38(21-27-9-11-29(12-10-27)43-24-42-5)32(41)44-34(28)15-19-39(20-16-34)33(4)13-17-37(18-14-33)31(40)30-25(2)35-23-36-26(30)3/h23,27-29H,6-22,24H2,1-5H3. The molecule has 0 bridgehead atoms. The molecule has 1 aromatic rings. The fourth-order valence-electron chi connectivity index (χ4n) is 8.24. The third-order valence-corrected chi connectivity index (χ3v) is 11.3. The molecule has 4 fully saturated rings. The molecule has 1 unspecified atom stereocenters. The van der Waals surface area contributed by atoms with Gasteiger partial charge in [0.05, 0.1) is 23.1 Å². The van der Waals surface area contributed by atoms with Crippen LogP contribution in [-0.4, -0.2) is 107 Å². The number of piperidine rings is 2. The zero-order valence-electron chi connectivity index (χ0n) is 27.8. The smallest absolute Gasteiger partial charge is 0.410 e. The van der Waals surface area contributed by atoms with Crippen LogP contribution in [0, 0.1) is 25.7 Å². The van der Waals surface area contributed by atoms with E-state index < -0.39 is 0 Å². The van der Waals surface area contributed by atoms with Crippen molar-refractivity contribution in [2.45, 2.75) is 116 Å². The summed E-state index contributed by atoms with van der Waals surface area (Å²) in [7, 11) is 1.66. The Bertz CT molecular complexity index is 1100. The summed E-state index contributed by atoms with van der Waals surface area (Å²) in [6.45, 7) is 13.6.